The molecule has 0 aliphatic carbocycles. The molecule has 0 aliphatic rings. The van der Waals surface area contributed by atoms with Crippen LogP contribution in [0.25, 0.3) is 0 Å². The molecule has 13 heavy (non-hydrogen) atoms. The molecule has 1 aromatic carbocycles. The maximum atomic E-state index is 9.21. The quantitative estimate of drug-likeness (QED) is 0.701. The zero-order chi connectivity index (χ0) is 9.68. The minimum Gasteiger partial charge on any atom is -0.508 e. The van der Waals surface area contributed by atoms with Crippen LogP contribution in [0.4, 0.5) is 0 Å². The Morgan fingerprint density at radius 3 is 2.77 bits per heavy atom. The van der Waals surface area contributed by atoms with Crippen molar-refractivity contribution in [3.63, 3.8) is 0 Å². The zero-order valence-electron chi connectivity index (χ0n) is 8.25. The fourth-order valence-corrected chi connectivity index (χ4v) is 1.24. The molecule has 0 aromatic heterocycles. The Kier molecular flexibility index (Phi) is 3.56. The van der Waals surface area contributed by atoms with E-state index in [1.165, 1.54) is 11.1 Å². The predicted octanol–water partition coefficient (Wildman–Crippen LogP) is 3.29. The number of aromatic hydroxyl groups is 1. The highest BCUT2D eigenvalue weighted by Crippen LogP contribution is 2.12. The van der Waals surface area contributed by atoms with Crippen LogP contribution in [0.1, 0.15) is 25.8 Å². The second-order valence-electron chi connectivity index (χ2n) is 3.49. The summed E-state index contributed by atoms with van der Waals surface area (Å²) < 4.78 is 0. The van der Waals surface area contributed by atoms with Gasteiger partial charge in [-0.3, -0.25) is 0 Å². The van der Waals surface area contributed by atoms with Gasteiger partial charge in [-0.2, -0.15) is 0 Å². The van der Waals surface area contributed by atoms with E-state index in [1.54, 1.807) is 6.07 Å². The summed E-state index contributed by atoms with van der Waals surface area (Å²) >= 11 is 0. The van der Waals surface area contributed by atoms with Crippen LogP contribution in [0, 0.1) is 0 Å². The van der Waals surface area contributed by atoms with Gasteiger partial charge in [0.2, 0.25) is 0 Å². The number of phenols is 1. The third-order valence-electron chi connectivity index (χ3n) is 1.90. The van der Waals surface area contributed by atoms with E-state index in [9.17, 15) is 5.11 Å². The molecular weight excluding hydrogens is 160 g/mol. The Morgan fingerprint density at radius 2 is 2.15 bits per heavy atom. The monoisotopic (exact) mass is 176 g/mol. The number of benzene rings is 1. The molecule has 1 nitrogen and oxygen atoms in total. The van der Waals surface area contributed by atoms with Crippen LogP contribution in [0.15, 0.2) is 35.9 Å². The van der Waals surface area contributed by atoms with Gasteiger partial charge in [0.25, 0.3) is 0 Å². The Balaban J connectivity index is 2.50. The molecule has 0 saturated carbocycles. The van der Waals surface area contributed by atoms with Crippen molar-refractivity contribution in [3.8, 4) is 5.75 Å². The van der Waals surface area contributed by atoms with Gasteiger partial charge in [-0.25, -0.2) is 0 Å². The first kappa shape index (κ1) is 9.85. The standard InChI is InChI=1S/C12H16O/c1-10(2)5-3-6-11-7-4-8-12(13)9-11/h4-5,7-9,13H,3,6H2,1-2H3. The summed E-state index contributed by atoms with van der Waals surface area (Å²) in [5.74, 6) is 0.356. The van der Waals surface area contributed by atoms with Gasteiger partial charge in [0, 0.05) is 0 Å². The highest BCUT2D eigenvalue weighted by molar-refractivity contribution is 5.27. The van der Waals surface area contributed by atoms with Crippen molar-refractivity contribution in [1.82, 2.24) is 0 Å². The third kappa shape index (κ3) is 3.79. The zero-order valence-corrected chi connectivity index (χ0v) is 8.25. The topological polar surface area (TPSA) is 20.2 Å². The lowest BCUT2D eigenvalue weighted by molar-refractivity contribution is 0.474. The summed E-state index contributed by atoms with van der Waals surface area (Å²) in [5, 5.41) is 9.21. The Labute approximate surface area is 79.7 Å². The molecule has 0 heterocycles. The summed E-state index contributed by atoms with van der Waals surface area (Å²) in [6, 6.07) is 7.44. The summed E-state index contributed by atoms with van der Waals surface area (Å²) in [6.07, 6.45) is 4.26. The Morgan fingerprint density at radius 1 is 1.38 bits per heavy atom. The van der Waals surface area contributed by atoms with Crippen molar-refractivity contribution in [3.05, 3.63) is 41.5 Å². The Hall–Kier alpha value is -1.24. The lowest BCUT2D eigenvalue weighted by Crippen LogP contribution is -1.82. The second kappa shape index (κ2) is 4.70. The molecule has 0 spiro atoms. The molecule has 0 bridgehead atoms. The molecule has 0 amide bonds. The first-order valence-corrected chi connectivity index (χ1v) is 4.60. The van der Waals surface area contributed by atoms with Crippen molar-refractivity contribution in [1.29, 1.82) is 0 Å². The van der Waals surface area contributed by atoms with Gasteiger partial charge in [-0.05, 0) is 44.4 Å². The van der Waals surface area contributed by atoms with Gasteiger partial charge in [-0.15, -0.1) is 0 Å². The van der Waals surface area contributed by atoms with E-state index in [0.29, 0.717) is 5.75 Å². The molecule has 0 unspecified atom stereocenters. The smallest absolute Gasteiger partial charge is 0.115 e. The van der Waals surface area contributed by atoms with Crippen LogP contribution >= 0.6 is 0 Å². The fourth-order valence-electron chi connectivity index (χ4n) is 1.24. The van der Waals surface area contributed by atoms with E-state index in [4.69, 9.17) is 0 Å². The van der Waals surface area contributed by atoms with Crippen LogP contribution in [-0.4, -0.2) is 5.11 Å². The molecule has 1 aromatic rings. The van der Waals surface area contributed by atoms with Crippen molar-refractivity contribution >= 4 is 0 Å². The molecule has 0 fully saturated rings. The lowest BCUT2D eigenvalue weighted by atomic mass is 10.1. The van der Waals surface area contributed by atoms with Crippen LogP contribution in [0.5, 0.6) is 5.75 Å². The van der Waals surface area contributed by atoms with Gasteiger partial charge in [0.15, 0.2) is 0 Å². The number of aryl methyl sites for hydroxylation is 1. The number of phenolic OH excluding ortho intramolecular Hbond substituents is 1. The van der Waals surface area contributed by atoms with E-state index in [0.717, 1.165) is 12.8 Å². The van der Waals surface area contributed by atoms with Crippen LogP contribution < -0.4 is 0 Å². The SMILES string of the molecule is CC(C)=CCCc1cccc(O)c1. The van der Waals surface area contributed by atoms with Crippen molar-refractivity contribution in [2.45, 2.75) is 26.7 Å². The maximum Gasteiger partial charge on any atom is 0.115 e. The summed E-state index contributed by atoms with van der Waals surface area (Å²) in [4.78, 5) is 0. The number of hydrogen-bond donors (Lipinski definition) is 1. The van der Waals surface area contributed by atoms with E-state index in [-0.39, 0.29) is 0 Å². The molecule has 1 N–H and O–H groups in total. The van der Waals surface area contributed by atoms with Crippen molar-refractivity contribution in [2.24, 2.45) is 0 Å². The summed E-state index contributed by atoms with van der Waals surface area (Å²) in [7, 11) is 0. The van der Waals surface area contributed by atoms with Crippen LogP contribution in [-0.2, 0) is 6.42 Å². The largest absolute Gasteiger partial charge is 0.508 e. The van der Waals surface area contributed by atoms with E-state index in [2.05, 4.69) is 19.9 Å². The number of hydrogen-bond acceptors (Lipinski definition) is 1. The highest BCUT2D eigenvalue weighted by Gasteiger charge is 1.92. The molecule has 1 heteroatoms. The molecule has 0 aliphatic heterocycles. The van der Waals surface area contributed by atoms with Gasteiger partial charge in [0.05, 0.1) is 0 Å². The van der Waals surface area contributed by atoms with Gasteiger partial charge in [0.1, 0.15) is 5.75 Å². The molecular formula is C12H16O. The number of allylic oxidation sites excluding steroid dienone is 2. The predicted molar refractivity (Wildman–Crippen MR) is 55.9 cm³/mol. The third-order valence-corrected chi connectivity index (χ3v) is 1.90. The lowest BCUT2D eigenvalue weighted by Gasteiger charge is -1.99. The highest BCUT2D eigenvalue weighted by atomic mass is 16.3. The average molecular weight is 176 g/mol. The minimum absolute atomic E-state index is 0.356. The van der Waals surface area contributed by atoms with E-state index in [1.807, 2.05) is 18.2 Å². The van der Waals surface area contributed by atoms with Gasteiger partial charge < -0.3 is 5.11 Å². The van der Waals surface area contributed by atoms with E-state index >= 15 is 0 Å². The Bertz CT molecular complexity index is 296. The normalized spacial score (nSPS) is 9.69. The number of rotatable bonds is 3. The van der Waals surface area contributed by atoms with Crippen LogP contribution in [0.3, 0.4) is 0 Å². The van der Waals surface area contributed by atoms with Crippen molar-refractivity contribution in [2.75, 3.05) is 0 Å². The van der Waals surface area contributed by atoms with Gasteiger partial charge in [-0.1, -0.05) is 23.8 Å². The minimum atomic E-state index is 0.356. The first-order chi connectivity index (χ1) is 6.18. The average Bonchev–Trinajstić information content (AvgIpc) is 2.03. The van der Waals surface area contributed by atoms with Gasteiger partial charge >= 0.3 is 0 Å². The summed E-state index contributed by atoms with van der Waals surface area (Å²) in [6.45, 7) is 4.20. The fraction of sp³-hybridized carbons (Fsp3) is 0.333. The molecule has 1 rings (SSSR count). The van der Waals surface area contributed by atoms with Crippen molar-refractivity contribution < 1.29 is 5.11 Å². The molecule has 0 saturated heterocycles. The molecule has 70 valence electrons. The van der Waals surface area contributed by atoms with Crippen LogP contribution in [0.2, 0.25) is 0 Å². The summed E-state index contributed by atoms with van der Waals surface area (Å²) in [5.41, 5.74) is 2.54. The molecule has 0 atom stereocenters. The first-order valence-electron chi connectivity index (χ1n) is 4.60. The maximum absolute atomic E-state index is 9.21. The second-order valence-corrected chi connectivity index (χ2v) is 3.49. The van der Waals surface area contributed by atoms with E-state index < -0.39 is 0 Å². The molecule has 0 radical (unpaired) electrons.